The number of aromatic nitrogens is 2. The molecule has 1 unspecified atom stereocenters. The first-order valence-electron chi connectivity index (χ1n) is 9.11. The highest BCUT2D eigenvalue weighted by Crippen LogP contribution is 2.32. The zero-order valence-electron chi connectivity index (χ0n) is 15.2. The summed E-state index contributed by atoms with van der Waals surface area (Å²) in [4.78, 5) is 6.68. The molecule has 144 valence electrons. The van der Waals surface area contributed by atoms with Crippen molar-refractivity contribution in [3.05, 3.63) is 64.1 Å². The van der Waals surface area contributed by atoms with Gasteiger partial charge < -0.3 is 14.6 Å². The van der Waals surface area contributed by atoms with Crippen LogP contribution in [0.1, 0.15) is 36.0 Å². The zero-order chi connectivity index (χ0) is 18.3. The highest BCUT2D eigenvalue weighted by Gasteiger charge is 2.22. The van der Waals surface area contributed by atoms with Crippen molar-refractivity contribution in [2.75, 3.05) is 20.1 Å². The number of hydrogen-bond donors (Lipinski definition) is 1. The highest BCUT2D eigenvalue weighted by molar-refractivity contribution is 6.31. The number of aryl methyl sites for hydroxylation is 1. The standard InChI is InChI=1S/C21H24ClN3O.CH4/c1-14-3-4-15(12-23-14)21(26)13-25-19-6-5-16(22)11-18(19)17-7-9-24(2)10-8-20(17)25;/h3-6,11-12,21,26H,7-10,13H2,1-2H3;1H4. The van der Waals surface area contributed by atoms with Crippen LogP contribution < -0.4 is 0 Å². The minimum atomic E-state index is -0.584. The van der Waals surface area contributed by atoms with Crippen LogP contribution in [-0.4, -0.2) is 39.7 Å². The largest absolute Gasteiger partial charge is 0.386 e. The smallest absolute Gasteiger partial charge is 0.0983 e. The Bertz CT molecular complexity index is 933. The van der Waals surface area contributed by atoms with E-state index in [1.54, 1.807) is 6.20 Å². The SMILES string of the molecule is C.Cc1ccc(C(O)Cn2c3c(c4cc(Cl)ccc42)CCN(C)CC3)cn1. The molecular weight excluding hydrogens is 358 g/mol. The lowest BCUT2D eigenvalue weighted by atomic mass is 10.1. The summed E-state index contributed by atoms with van der Waals surface area (Å²) in [5.41, 5.74) is 5.67. The molecule has 0 spiro atoms. The molecule has 1 aliphatic rings. The molecule has 4 rings (SSSR count). The van der Waals surface area contributed by atoms with Gasteiger partial charge in [-0.25, -0.2) is 0 Å². The Kier molecular flexibility index (Phi) is 5.89. The fourth-order valence-corrected chi connectivity index (χ4v) is 4.06. The number of hydrogen-bond acceptors (Lipinski definition) is 3. The summed E-state index contributed by atoms with van der Waals surface area (Å²) in [5.74, 6) is 0. The number of likely N-dealkylation sites (N-methyl/N-ethyl adjacent to an activating group) is 1. The molecular formula is C22H28ClN3O. The van der Waals surface area contributed by atoms with Gasteiger partial charge in [0.1, 0.15) is 0 Å². The van der Waals surface area contributed by atoms with Crippen molar-refractivity contribution < 1.29 is 5.11 Å². The summed E-state index contributed by atoms with van der Waals surface area (Å²) < 4.78 is 2.28. The average molecular weight is 386 g/mol. The number of nitrogens with zero attached hydrogens (tertiary/aromatic N) is 3. The molecule has 1 aliphatic heterocycles. The van der Waals surface area contributed by atoms with E-state index in [-0.39, 0.29) is 7.43 Å². The van der Waals surface area contributed by atoms with Gasteiger partial charge in [-0.15, -0.1) is 0 Å². The van der Waals surface area contributed by atoms with Crippen LogP contribution in [0.3, 0.4) is 0 Å². The second-order valence-electron chi connectivity index (χ2n) is 7.25. The van der Waals surface area contributed by atoms with E-state index >= 15 is 0 Å². The average Bonchev–Trinajstić information content (AvgIpc) is 2.76. The normalized spacial score (nSPS) is 15.9. The van der Waals surface area contributed by atoms with E-state index < -0.39 is 6.10 Å². The molecule has 2 aromatic heterocycles. The summed E-state index contributed by atoms with van der Waals surface area (Å²) >= 11 is 6.28. The predicted octanol–water partition coefficient (Wildman–Crippen LogP) is 4.40. The Balaban J connectivity index is 0.00000210. The van der Waals surface area contributed by atoms with Gasteiger partial charge in [0.25, 0.3) is 0 Å². The number of rotatable bonds is 3. The van der Waals surface area contributed by atoms with Crippen LogP contribution in [0.5, 0.6) is 0 Å². The van der Waals surface area contributed by atoms with E-state index in [4.69, 9.17) is 11.6 Å². The minimum Gasteiger partial charge on any atom is -0.386 e. The molecule has 3 aromatic rings. The van der Waals surface area contributed by atoms with Crippen LogP contribution >= 0.6 is 11.6 Å². The minimum absolute atomic E-state index is 0. The zero-order valence-corrected chi connectivity index (χ0v) is 16.0. The monoisotopic (exact) mass is 385 g/mol. The Morgan fingerprint density at radius 3 is 2.70 bits per heavy atom. The van der Waals surface area contributed by atoms with Crippen molar-refractivity contribution in [2.45, 2.75) is 39.8 Å². The van der Waals surface area contributed by atoms with Gasteiger partial charge in [0.2, 0.25) is 0 Å². The van der Waals surface area contributed by atoms with E-state index in [9.17, 15) is 5.11 Å². The first-order valence-corrected chi connectivity index (χ1v) is 9.49. The molecule has 1 N–H and O–H groups in total. The first-order chi connectivity index (χ1) is 12.5. The van der Waals surface area contributed by atoms with Gasteiger partial charge >= 0.3 is 0 Å². The lowest BCUT2D eigenvalue weighted by Crippen LogP contribution is -2.21. The quantitative estimate of drug-likeness (QED) is 0.726. The maximum absolute atomic E-state index is 10.8. The summed E-state index contributed by atoms with van der Waals surface area (Å²) in [6.45, 7) is 4.56. The number of pyridine rings is 1. The third-order valence-electron chi connectivity index (χ3n) is 5.40. The Labute approximate surface area is 166 Å². The fraction of sp³-hybridized carbons (Fsp3) is 0.409. The molecule has 27 heavy (non-hydrogen) atoms. The highest BCUT2D eigenvalue weighted by atomic mass is 35.5. The van der Waals surface area contributed by atoms with Crippen LogP contribution in [0.2, 0.25) is 5.02 Å². The summed E-state index contributed by atoms with van der Waals surface area (Å²) in [5, 5.41) is 12.8. The molecule has 1 aromatic carbocycles. The molecule has 1 atom stereocenters. The van der Waals surface area contributed by atoms with Gasteiger partial charge in [-0.2, -0.15) is 0 Å². The van der Waals surface area contributed by atoms with Crippen LogP contribution in [-0.2, 0) is 19.4 Å². The molecule has 0 saturated heterocycles. The molecule has 4 nitrogen and oxygen atoms in total. The van der Waals surface area contributed by atoms with E-state index in [0.717, 1.165) is 47.7 Å². The van der Waals surface area contributed by atoms with Crippen molar-refractivity contribution >= 4 is 22.5 Å². The molecule has 0 bridgehead atoms. The number of fused-ring (bicyclic) bond motifs is 3. The Morgan fingerprint density at radius 1 is 1.19 bits per heavy atom. The third kappa shape index (κ3) is 3.88. The van der Waals surface area contributed by atoms with E-state index in [0.29, 0.717) is 6.54 Å². The number of aliphatic hydroxyl groups excluding tert-OH is 1. The lowest BCUT2D eigenvalue weighted by molar-refractivity contribution is 0.156. The topological polar surface area (TPSA) is 41.3 Å². The molecule has 0 fully saturated rings. The number of aliphatic hydroxyl groups is 1. The molecule has 0 saturated carbocycles. The predicted molar refractivity (Wildman–Crippen MR) is 113 cm³/mol. The van der Waals surface area contributed by atoms with Crippen LogP contribution in [0.4, 0.5) is 0 Å². The molecule has 3 heterocycles. The first kappa shape index (κ1) is 19.9. The number of benzene rings is 1. The van der Waals surface area contributed by atoms with Crippen molar-refractivity contribution in [2.24, 2.45) is 0 Å². The van der Waals surface area contributed by atoms with E-state index in [1.807, 2.05) is 25.1 Å². The summed E-state index contributed by atoms with van der Waals surface area (Å²) in [6.07, 6.45) is 3.18. The van der Waals surface area contributed by atoms with Crippen molar-refractivity contribution in [3.63, 3.8) is 0 Å². The van der Waals surface area contributed by atoms with Gasteiger partial charge in [-0.3, -0.25) is 4.98 Å². The maximum Gasteiger partial charge on any atom is 0.0983 e. The van der Waals surface area contributed by atoms with Crippen molar-refractivity contribution in [1.29, 1.82) is 0 Å². The lowest BCUT2D eigenvalue weighted by Gasteiger charge is -2.17. The van der Waals surface area contributed by atoms with Crippen molar-refractivity contribution in [3.8, 4) is 0 Å². The molecule has 0 amide bonds. The van der Waals surface area contributed by atoms with Gasteiger partial charge in [0, 0.05) is 58.6 Å². The molecule has 0 radical (unpaired) electrons. The van der Waals surface area contributed by atoms with Crippen LogP contribution in [0.15, 0.2) is 36.5 Å². The van der Waals surface area contributed by atoms with E-state index in [1.165, 1.54) is 16.6 Å². The second-order valence-corrected chi connectivity index (χ2v) is 7.69. The molecule has 5 heteroatoms. The third-order valence-corrected chi connectivity index (χ3v) is 5.63. The Hall–Kier alpha value is -1.88. The van der Waals surface area contributed by atoms with Gasteiger partial charge in [0.15, 0.2) is 0 Å². The fourth-order valence-electron chi connectivity index (χ4n) is 3.89. The summed E-state index contributed by atoms with van der Waals surface area (Å²) in [6, 6.07) is 9.99. The summed E-state index contributed by atoms with van der Waals surface area (Å²) in [7, 11) is 2.16. The number of halogens is 1. The van der Waals surface area contributed by atoms with Crippen LogP contribution in [0.25, 0.3) is 10.9 Å². The van der Waals surface area contributed by atoms with Gasteiger partial charge in [0.05, 0.1) is 12.6 Å². The van der Waals surface area contributed by atoms with Crippen molar-refractivity contribution in [1.82, 2.24) is 14.5 Å². The second kappa shape index (κ2) is 8.01. The molecule has 0 aliphatic carbocycles. The van der Waals surface area contributed by atoms with Gasteiger partial charge in [-0.05, 0) is 50.2 Å². The Morgan fingerprint density at radius 2 is 1.96 bits per heavy atom. The van der Waals surface area contributed by atoms with Crippen LogP contribution in [0, 0.1) is 6.92 Å². The van der Waals surface area contributed by atoms with E-state index in [2.05, 4.69) is 33.6 Å². The van der Waals surface area contributed by atoms with Gasteiger partial charge in [-0.1, -0.05) is 25.1 Å². The maximum atomic E-state index is 10.8.